The number of nitrogens with one attached hydrogen (secondary N) is 2. The lowest BCUT2D eigenvalue weighted by molar-refractivity contribution is -0.885. The largest absolute Gasteiger partial charge is 0.324 e. The molecule has 5 nitrogen and oxygen atoms in total. The molecule has 7 heteroatoms. The van der Waals surface area contributed by atoms with E-state index in [4.69, 9.17) is 0 Å². The van der Waals surface area contributed by atoms with Crippen molar-refractivity contribution in [3.8, 4) is 6.07 Å². The summed E-state index contributed by atoms with van der Waals surface area (Å²) in [6.07, 6.45) is 3.06. The van der Waals surface area contributed by atoms with Gasteiger partial charge in [0.05, 0.1) is 22.8 Å². The third-order valence-corrected chi connectivity index (χ3v) is 7.34. The molecule has 28 heavy (non-hydrogen) atoms. The van der Waals surface area contributed by atoms with E-state index in [1.807, 2.05) is 25.2 Å². The lowest BCUT2D eigenvalue weighted by Crippen LogP contribution is -3.08. The summed E-state index contributed by atoms with van der Waals surface area (Å²) in [6.45, 7) is 3.30. The molecule has 0 radical (unpaired) electrons. The molecule has 0 aliphatic heterocycles. The topological polar surface area (TPSA) is 70.2 Å². The number of likely N-dealkylation sites (N-methyl/N-ethyl adjacent to an activating group) is 1. The van der Waals surface area contributed by atoms with Gasteiger partial charge >= 0.3 is 0 Å². The molecule has 144 valence electrons. The van der Waals surface area contributed by atoms with Crippen LogP contribution in [0.3, 0.4) is 0 Å². The standard InChI is InChI=1S/C21H22N4OS2/c1-13-7-8-14-15(10-22)21(28-18(14)9-13)24-19(26)11-25(2)12-20-23-16-5-3-4-6-17(16)27-20/h3-6,13H,7-9,11-12H2,1-2H3,(H,24,26)/p+1/t13-/m1/s1. The minimum atomic E-state index is -0.0539. The molecule has 2 heterocycles. The Labute approximate surface area is 172 Å². The van der Waals surface area contributed by atoms with Crippen LogP contribution in [-0.2, 0) is 24.2 Å². The van der Waals surface area contributed by atoms with E-state index in [-0.39, 0.29) is 5.91 Å². The Balaban J connectivity index is 1.41. The van der Waals surface area contributed by atoms with Crippen molar-refractivity contribution in [1.29, 1.82) is 5.26 Å². The van der Waals surface area contributed by atoms with Crippen molar-refractivity contribution < 1.29 is 9.69 Å². The highest BCUT2D eigenvalue weighted by Gasteiger charge is 2.25. The van der Waals surface area contributed by atoms with Crippen LogP contribution in [0, 0.1) is 17.2 Å². The minimum Gasteiger partial charge on any atom is -0.324 e. The Morgan fingerprint density at radius 3 is 3.00 bits per heavy atom. The van der Waals surface area contributed by atoms with E-state index in [0.29, 0.717) is 24.6 Å². The fourth-order valence-electron chi connectivity index (χ4n) is 3.72. The van der Waals surface area contributed by atoms with E-state index in [2.05, 4.69) is 29.4 Å². The summed E-state index contributed by atoms with van der Waals surface area (Å²) < 4.78 is 1.17. The number of quaternary nitrogens is 1. The van der Waals surface area contributed by atoms with Crippen molar-refractivity contribution in [3.05, 3.63) is 45.3 Å². The molecule has 1 unspecified atom stereocenters. The molecule has 0 bridgehead atoms. The smallest absolute Gasteiger partial charge is 0.280 e. The van der Waals surface area contributed by atoms with Gasteiger partial charge in [-0.25, -0.2) is 4.98 Å². The maximum atomic E-state index is 12.6. The molecule has 1 aliphatic rings. The van der Waals surface area contributed by atoms with Crippen LogP contribution in [0.1, 0.15) is 34.4 Å². The number of thiazole rings is 1. The molecule has 0 saturated carbocycles. The van der Waals surface area contributed by atoms with Crippen LogP contribution >= 0.6 is 22.7 Å². The molecule has 3 aromatic rings. The van der Waals surface area contributed by atoms with Crippen LogP contribution in [0.2, 0.25) is 0 Å². The van der Waals surface area contributed by atoms with Gasteiger partial charge in [0.2, 0.25) is 0 Å². The number of hydrogen-bond donors (Lipinski definition) is 2. The summed E-state index contributed by atoms with van der Waals surface area (Å²) >= 11 is 3.26. The van der Waals surface area contributed by atoms with Crippen LogP contribution < -0.4 is 10.2 Å². The molecular formula is C21H23N4OS2+. The molecule has 0 spiro atoms. The summed E-state index contributed by atoms with van der Waals surface area (Å²) in [4.78, 5) is 19.6. The normalized spacial score (nSPS) is 17.1. The summed E-state index contributed by atoms with van der Waals surface area (Å²) in [6, 6.07) is 10.4. The van der Waals surface area contributed by atoms with Gasteiger partial charge in [-0.15, -0.1) is 22.7 Å². The number of aromatic nitrogens is 1. The van der Waals surface area contributed by atoms with E-state index in [9.17, 15) is 10.1 Å². The van der Waals surface area contributed by atoms with Crippen molar-refractivity contribution in [2.45, 2.75) is 32.7 Å². The number of rotatable bonds is 5. The number of carbonyl (C=O) groups excluding carboxylic acids is 1. The van der Waals surface area contributed by atoms with E-state index in [1.165, 1.54) is 9.58 Å². The number of nitrogens with zero attached hydrogens (tertiary/aromatic N) is 2. The van der Waals surface area contributed by atoms with Gasteiger partial charge in [0.25, 0.3) is 5.91 Å². The summed E-state index contributed by atoms with van der Waals surface area (Å²) in [5, 5.41) is 14.3. The number of para-hydroxylation sites is 1. The Bertz CT molecular complexity index is 1030. The Morgan fingerprint density at radius 1 is 1.39 bits per heavy atom. The molecule has 0 fully saturated rings. The molecule has 1 aliphatic carbocycles. The van der Waals surface area contributed by atoms with Gasteiger partial charge in [-0.2, -0.15) is 5.26 Å². The lowest BCUT2D eigenvalue weighted by atomic mass is 9.89. The van der Waals surface area contributed by atoms with Gasteiger partial charge in [-0.1, -0.05) is 19.1 Å². The zero-order valence-corrected chi connectivity index (χ0v) is 17.7. The van der Waals surface area contributed by atoms with Crippen LogP contribution in [0.25, 0.3) is 10.2 Å². The van der Waals surface area contributed by atoms with E-state index >= 15 is 0 Å². The second-order valence-electron chi connectivity index (χ2n) is 7.60. The first-order chi connectivity index (χ1) is 13.5. The van der Waals surface area contributed by atoms with Crippen LogP contribution in [-0.4, -0.2) is 24.5 Å². The zero-order valence-electron chi connectivity index (χ0n) is 16.0. The van der Waals surface area contributed by atoms with Crippen molar-refractivity contribution in [3.63, 3.8) is 0 Å². The number of thiophene rings is 1. The third-order valence-electron chi connectivity index (χ3n) is 5.13. The third kappa shape index (κ3) is 3.95. The highest BCUT2D eigenvalue weighted by Crippen LogP contribution is 2.39. The summed E-state index contributed by atoms with van der Waals surface area (Å²) in [5.74, 6) is 0.590. The fourth-order valence-corrected chi connectivity index (χ4v) is 6.18. The number of anilines is 1. The molecule has 4 rings (SSSR count). The maximum Gasteiger partial charge on any atom is 0.280 e. The SMILES string of the molecule is C[C@@H]1CCc2c(sc(NC(=O)C[NH+](C)Cc3nc4ccccc4s3)c2C#N)C1. The second-order valence-corrected chi connectivity index (χ2v) is 9.82. The average Bonchev–Trinajstić information content (AvgIpc) is 3.20. The predicted octanol–water partition coefficient (Wildman–Crippen LogP) is 3.01. The van der Waals surface area contributed by atoms with Crippen molar-refractivity contribution in [1.82, 2.24) is 4.98 Å². The van der Waals surface area contributed by atoms with Gasteiger partial charge < -0.3 is 10.2 Å². The van der Waals surface area contributed by atoms with E-state index < -0.39 is 0 Å². The molecule has 2 atom stereocenters. The van der Waals surface area contributed by atoms with E-state index in [1.54, 1.807) is 22.7 Å². The monoisotopic (exact) mass is 411 g/mol. The zero-order chi connectivity index (χ0) is 19.7. The number of benzene rings is 1. The Hall–Kier alpha value is -2.27. The number of hydrogen-bond acceptors (Lipinski definition) is 5. The Morgan fingerprint density at radius 2 is 2.21 bits per heavy atom. The first-order valence-corrected chi connectivity index (χ1v) is 11.2. The van der Waals surface area contributed by atoms with Crippen LogP contribution in [0.4, 0.5) is 5.00 Å². The van der Waals surface area contributed by atoms with Gasteiger partial charge in [0, 0.05) is 4.88 Å². The molecule has 2 aromatic heterocycles. The highest BCUT2D eigenvalue weighted by atomic mass is 32.1. The molecular weight excluding hydrogens is 388 g/mol. The Kier molecular flexibility index (Phi) is 5.44. The number of fused-ring (bicyclic) bond motifs is 2. The predicted molar refractivity (Wildman–Crippen MR) is 114 cm³/mol. The van der Waals surface area contributed by atoms with Crippen molar-refractivity contribution in [2.24, 2.45) is 5.92 Å². The maximum absolute atomic E-state index is 12.6. The van der Waals surface area contributed by atoms with Gasteiger partial charge in [0.1, 0.15) is 22.6 Å². The van der Waals surface area contributed by atoms with Crippen LogP contribution in [0.15, 0.2) is 24.3 Å². The van der Waals surface area contributed by atoms with Gasteiger partial charge in [0.15, 0.2) is 6.54 Å². The highest BCUT2D eigenvalue weighted by molar-refractivity contribution is 7.18. The second kappa shape index (κ2) is 8.00. The molecule has 0 saturated heterocycles. The quantitative estimate of drug-likeness (QED) is 0.678. The molecule has 1 aromatic carbocycles. The number of amides is 1. The van der Waals surface area contributed by atoms with Crippen LogP contribution in [0.5, 0.6) is 0 Å². The first-order valence-electron chi connectivity index (χ1n) is 9.53. The molecule has 2 N–H and O–H groups in total. The lowest BCUT2D eigenvalue weighted by Gasteiger charge is -2.17. The molecule has 1 amide bonds. The van der Waals surface area contributed by atoms with E-state index in [0.717, 1.165) is 45.3 Å². The minimum absolute atomic E-state index is 0.0539. The number of carbonyl (C=O) groups is 1. The fraction of sp³-hybridized carbons (Fsp3) is 0.381. The summed E-state index contributed by atoms with van der Waals surface area (Å²) in [5.41, 5.74) is 2.83. The van der Waals surface area contributed by atoms with Gasteiger partial charge in [-0.05, 0) is 42.9 Å². The van der Waals surface area contributed by atoms with Gasteiger partial charge in [-0.3, -0.25) is 4.79 Å². The number of nitriles is 1. The average molecular weight is 412 g/mol. The summed E-state index contributed by atoms with van der Waals surface area (Å²) in [7, 11) is 2.00. The van der Waals surface area contributed by atoms with Crippen molar-refractivity contribution >= 4 is 43.8 Å². The van der Waals surface area contributed by atoms with Crippen molar-refractivity contribution in [2.75, 3.05) is 18.9 Å². The first kappa shape index (κ1) is 19.1.